The molecule has 2 atom stereocenters. The number of nitrogens with zero attached hydrogens (tertiary/aromatic N) is 5. The van der Waals surface area contributed by atoms with Crippen molar-refractivity contribution in [1.82, 2.24) is 29.1 Å². The van der Waals surface area contributed by atoms with E-state index in [0.717, 1.165) is 24.9 Å². The summed E-state index contributed by atoms with van der Waals surface area (Å²) in [6.45, 7) is 0. The monoisotopic (exact) mass is 440 g/mol. The van der Waals surface area contributed by atoms with Crippen molar-refractivity contribution in [2.45, 2.75) is 31.1 Å². The van der Waals surface area contributed by atoms with Gasteiger partial charge >= 0.3 is 5.97 Å². The average Bonchev–Trinajstić information content (AvgIpc) is 3.58. The van der Waals surface area contributed by atoms with Crippen LogP contribution in [0.1, 0.15) is 53.0 Å². The molecule has 1 saturated carbocycles. The molecule has 0 spiro atoms. The number of aromatic nitrogens is 6. The average molecular weight is 440 g/mol. The Bertz CT molecular complexity index is 1570. The summed E-state index contributed by atoms with van der Waals surface area (Å²) in [7, 11) is 0. The molecule has 0 radical (unpaired) electrons. The minimum Gasteiger partial charge on any atom is -0.478 e. The van der Waals surface area contributed by atoms with E-state index < -0.39 is 5.97 Å². The molecule has 0 saturated heterocycles. The molecule has 4 heterocycles. The molecule has 0 aliphatic heterocycles. The molecule has 4 aromatic heterocycles. The summed E-state index contributed by atoms with van der Waals surface area (Å²) in [5.74, 6) is -0.588. The number of fused-ring (bicyclic) bond motifs is 2. The number of carboxylic acid groups (broad SMARTS) is 1. The van der Waals surface area contributed by atoms with Crippen LogP contribution in [-0.2, 0) is 0 Å². The SMILES string of the molecule is O=C(O)c1c[nH]c2ncnc(C3CCC[C@H]3c3nn4cccc4c(=O)n3-c3ccccc3)c12. The maximum Gasteiger partial charge on any atom is 0.338 e. The van der Waals surface area contributed by atoms with Crippen LogP contribution in [-0.4, -0.2) is 40.2 Å². The largest absolute Gasteiger partial charge is 0.478 e. The Labute approximate surface area is 187 Å². The quantitative estimate of drug-likeness (QED) is 0.442. The highest BCUT2D eigenvalue weighted by Crippen LogP contribution is 2.46. The summed E-state index contributed by atoms with van der Waals surface area (Å²) in [6.07, 6.45) is 7.24. The molecule has 2 N–H and O–H groups in total. The Morgan fingerprint density at radius 1 is 1.06 bits per heavy atom. The van der Waals surface area contributed by atoms with E-state index in [1.165, 1.54) is 12.5 Å². The third kappa shape index (κ3) is 2.96. The lowest BCUT2D eigenvalue weighted by Crippen LogP contribution is -2.28. The molecule has 5 aromatic rings. The molecular weight excluding hydrogens is 420 g/mol. The molecule has 1 aliphatic rings. The summed E-state index contributed by atoms with van der Waals surface area (Å²) < 4.78 is 3.31. The van der Waals surface area contributed by atoms with Crippen molar-refractivity contribution in [3.8, 4) is 5.69 Å². The number of aromatic carboxylic acids is 1. The molecule has 0 amide bonds. The molecule has 1 aromatic carbocycles. The van der Waals surface area contributed by atoms with Gasteiger partial charge in [0.05, 0.1) is 22.3 Å². The van der Waals surface area contributed by atoms with E-state index in [1.807, 2.05) is 36.4 Å². The lowest BCUT2D eigenvalue weighted by atomic mass is 9.89. The fraction of sp³-hybridized carbons (Fsp3) is 0.208. The molecule has 33 heavy (non-hydrogen) atoms. The van der Waals surface area contributed by atoms with Crippen molar-refractivity contribution in [2.24, 2.45) is 0 Å². The van der Waals surface area contributed by atoms with Crippen molar-refractivity contribution >= 4 is 22.5 Å². The topological polar surface area (TPSA) is 118 Å². The van der Waals surface area contributed by atoms with Gasteiger partial charge in [-0.1, -0.05) is 24.6 Å². The number of carbonyl (C=O) groups is 1. The van der Waals surface area contributed by atoms with E-state index >= 15 is 0 Å². The van der Waals surface area contributed by atoms with Crippen LogP contribution < -0.4 is 5.56 Å². The number of nitrogens with one attached hydrogen (secondary N) is 1. The number of aromatic amines is 1. The molecule has 1 aliphatic carbocycles. The Morgan fingerprint density at radius 2 is 1.88 bits per heavy atom. The maximum absolute atomic E-state index is 13.5. The standard InChI is InChI=1S/C24H20N6O3/c31-23-18-10-5-11-29(18)28-22(30(23)14-6-2-1-3-7-14)16-9-4-8-15(16)20-19-17(24(32)33)12-25-21(19)27-13-26-20/h1-3,5-7,10-13,15-16H,4,8-9H2,(H,32,33)(H,25,26,27)/t15?,16-/m1/s1. The minimum atomic E-state index is -1.03. The van der Waals surface area contributed by atoms with E-state index in [0.29, 0.717) is 28.1 Å². The van der Waals surface area contributed by atoms with Crippen LogP contribution in [0.2, 0.25) is 0 Å². The first-order valence-corrected chi connectivity index (χ1v) is 10.8. The first kappa shape index (κ1) is 19.4. The zero-order valence-corrected chi connectivity index (χ0v) is 17.5. The van der Waals surface area contributed by atoms with Crippen LogP contribution in [0.5, 0.6) is 0 Å². The molecule has 9 heteroatoms. The zero-order chi connectivity index (χ0) is 22.5. The molecule has 164 valence electrons. The van der Waals surface area contributed by atoms with Gasteiger partial charge in [-0.3, -0.25) is 9.36 Å². The second-order valence-electron chi connectivity index (χ2n) is 8.31. The van der Waals surface area contributed by atoms with Gasteiger partial charge in [0.25, 0.3) is 5.56 Å². The number of rotatable bonds is 4. The predicted octanol–water partition coefficient (Wildman–Crippen LogP) is 3.51. The molecule has 6 rings (SSSR count). The summed E-state index contributed by atoms with van der Waals surface area (Å²) in [5.41, 5.74) is 2.45. The van der Waals surface area contributed by atoms with Crippen molar-refractivity contribution in [3.05, 3.63) is 88.6 Å². The van der Waals surface area contributed by atoms with Crippen molar-refractivity contribution in [2.75, 3.05) is 0 Å². The lowest BCUT2D eigenvalue weighted by Gasteiger charge is -2.23. The van der Waals surface area contributed by atoms with Gasteiger partial charge in [0.2, 0.25) is 0 Å². The molecule has 1 unspecified atom stereocenters. The smallest absolute Gasteiger partial charge is 0.338 e. The number of para-hydroxylation sites is 1. The van der Waals surface area contributed by atoms with Crippen LogP contribution >= 0.6 is 0 Å². The van der Waals surface area contributed by atoms with E-state index in [1.54, 1.807) is 21.3 Å². The van der Waals surface area contributed by atoms with Crippen LogP contribution in [0.15, 0.2) is 66.0 Å². The Balaban J connectivity index is 1.59. The highest BCUT2D eigenvalue weighted by Gasteiger charge is 2.37. The Morgan fingerprint density at radius 3 is 2.70 bits per heavy atom. The van der Waals surface area contributed by atoms with Crippen molar-refractivity contribution < 1.29 is 9.90 Å². The third-order valence-corrected chi connectivity index (χ3v) is 6.53. The first-order valence-electron chi connectivity index (χ1n) is 10.8. The second-order valence-corrected chi connectivity index (χ2v) is 8.31. The van der Waals surface area contributed by atoms with Gasteiger partial charge in [0.1, 0.15) is 23.3 Å². The summed E-state index contributed by atoms with van der Waals surface area (Å²) in [4.78, 5) is 37.1. The zero-order valence-electron chi connectivity index (χ0n) is 17.5. The second kappa shape index (κ2) is 7.40. The third-order valence-electron chi connectivity index (χ3n) is 6.53. The van der Waals surface area contributed by atoms with Crippen molar-refractivity contribution in [3.63, 3.8) is 0 Å². The van der Waals surface area contributed by atoms with Gasteiger partial charge < -0.3 is 10.1 Å². The van der Waals surface area contributed by atoms with Gasteiger partial charge in [-0.2, -0.15) is 5.10 Å². The fourth-order valence-corrected chi connectivity index (χ4v) is 5.10. The van der Waals surface area contributed by atoms with Gasteiger partial charge in [0.15, 0.2) is 0 Å². The van der Waals surface area contributed by atoms with Crippen LogP contribution in [0.4, 0.5) is 0 Å². The number of H-pyrrole nitrogens is 1. The van der Waals surface area contributed by atoms with Gasteiger partial charge in [-0.05, 0) is 37.1 Å². The number of carboxylic acids is 1. The minimum absolute atomic E-state index is 0.0979. The van der Waals surface area contributed by atoms with Crippen LogP contribution in [0.3, 0.4) is 0 Å². The summed E-state index contributed by atoms with van der Waals surface area (Å²) in [6, 6.07) is 13.1. The van der Waals surface area contributed by atoms with E-state index in [9.17, 15) is 14.7 Å². The first-order chi connectivity index (χ1) is 16.1. The van der Waals surface area contributed by atoms with Gasteiger partial charge in [-0.25, -0.2) is 19.3 Å². The van der Waals surface area contributed by atoms with E-state index in [2.05, 4.69) is 15.0 Å². The number of hydrogen-bond donors (Lipinski definition) is 2. The van der Waals surface area contributed by atoms with Crippen molar-refractivity contribution in [1.29, 1.82) is 0 Å². The number of benzene rings is 1. The maximum atomic E-state index is 13.5. The fourth-order valence-electron chi connectivity index (χ4n) is 5.10. The summed E-state index contributed by atoms with van der Waals surface area (Å²) >= 11 is 0. The van der Waals surface area contributed by atoms with E-state index in [4.69, 9.17) is 5.10 Å². The summed E-state index contributed by atoms with van der Waals surface area (Å²) in [5, 5.41) is 15.1. The Kier molecular flexibility index (Phi) is 4.36. The number of hydrogen-bond acceptors (Lipinski definition) is 5. The van der Waals surface area contributed by atoms with Gasteiger partial charge in [0, 0.05) is 24.2 Å². The van der Waals surface area contributed by atoms with E-state index in [-0.39, 0.29) is 23.0 Å². The normalized spacial score (nSPS) is 18.3. The van der Waals surface area contributed by atoms with Crippen LogP contribution in [0.25, 0.3) is 22.2 Å². The highest BCUT2D eigenvalue weighted by molar-refractivity contribution is 6.03. The molecular formula is C24H20N6O3. The molecule has 1 fully saturated rings. The lowest BCUT2D eigenvalue weighted by molar-refractivity contribution is 0.0699. The van der Waals surface area contributed by atoms with Crippen LogP contribution in [0, 0.1) is 0 Å². The molecule has 0 bridgehead atoms. The molecule has 9 nitrogen and oxygen atoms in total. The highest BCUT2D eigenvalue weighted by atomic mass is 16.4. The van der Waals surface area contributed by atoms with Gasteiger partial charge in [-0.15, -0.1) is 0 Å². The predicted molar refractivity (Wildman–Crippen MR) is 121 cm³/mol. The Hall–Kier alpha value is -4.27.